The molecule has 0 atom stereocenters. The Morgan fingerprint density at radius 2 is 1.58 bits per heavy atom. The molecule has 0 saturated carbocycles. The third kappa shape index (κ3) is 2.74. The van der Waals surface area contributed by atoms with Crippen molar-refractivity contribution in [3.8, 4) is 5.69 Å². The van der Waals surface area contributed by atoms with E-state index in [4.69, 9.17) is 0 Å². The molecule has 4 nitrogen and oxygen atoms in total. The normalized spacial score (nSPS) is 10.9. The van der Waals surface area contributed by atoms with Crippen molar-refractivity contribution in [3.63, 3.8) is 0 Å². The van der Waals surface area contributed by atoms with Gasteiger partial charge in [0.25, 0.3) is 0 Å². The fourth-order valence-electron chi connectivity index (χ4n) is 1.67. The molecule has 2 aromatic carbocycles. The van der Waals surface area contributed by atoms with Gasteiger partial charge < -0.3 is 0 Å². The van der Waals surface area contributed by atoms with Crippen LogP contribution < -0.4 is 0 Å². The number of hydrogen-bond donors (Lipinski definition) is 0. The van der Waals surface area contributed by atoms with E-state index in [1.165, 1.54) is 0 Å². The van der Waals surface area contributed by atoms with Gasteiger partial charge in [-0.05, 0) is 24.3 Å². The van der Waals surface area contributed by atoms with E-state index >= 15 is 0 Å². The number of para-hydroxylation sites is 2. The van der Waals surface area contributed by atoms with Crippen LogP contribution in [0.1, 0.15) is 5.69 Å². The Morgan fingerprint density at radius 1 is 0.895 bits per heavy atom. The number of rotatable bonds is 3. The van der Waals surface area contributed by atoms with E-state index in [0.29, 0.717) is 0 Å². The molecule has 1 aromatic heterocycles. The molecular formula is C15H12N4. The van der Waals surface area contributed by atoms with E-state index in [-0.39, 0.29) is 0 Å². The molecule has 4 heteroatoms. The molecule has 1 heterocycles. The maximum Gasteiger partial charge on any atom is 0.124 e. The van der Waals surface area contributed by atoms with Gasteiger partial charge in [0, 0.05) is 0 Å². The molecule has 0 radical (unpaired) electrons. The van der Waals surface area contributed by atoms with Crippen molar-refractivity contribution < 1.29 is 0 Å². The molecular weight excluding hydrogens is 236 g/mol. The van der Waals surface area contributed by atoms with Crippen LogP contribution >= 0.6 is 0 Å². The average Bonchev–Trinajstić information content (AvgIpc) is 2.96. The lowest BCUT2D eigenvalue weighted by Gasteiger charge is -1.96. The highest BCUT2D eigenvalue weighted by Crippen LogP contribution is 2.09. The van der Waals surface area contributed by atoms with Crippen LogP contribution in [0.4, 0.5) is 5.69 Å². The summed E-state index contributed by atoms with van der Waals surface area (Å²) in [6.07, 6.45) is 3.40. The minimum absolute atomic E-state index is 0.729. The lowest BCUT2D eigenvalue weighted by Crippen LogP contribution is -1.98. The first-order valence-electron chi connectivity index (χ1n) is 5.99. The lowest BCUT2D eigenvalue weighted by atomic mass is 10.3. The van der Waals surface area contributed by atoms with Gasteiger partial charge in [-0.3, -0.25) is 4.99 Å². The van der Waals surface area contributed by atoms with E-state index in [0.717, 1.165) is 17.1 Å². The fourth-order valence-corrected chi connectivity index (χ4v) is 1.67. The summed E-state index contributed by atoms with van der Waals surface area (Å²) in [6.45, 7) is 0. The maximum absolute atomic E-state index is 4.35. The summed E-state index contributed by atoms with van der Waals surface area (Å²) in [7, 11) is 0. The second kappa shape index (κ2) is 5.27. The molecule has 0 aliphatic heterocycles. The molecule has 19 heavy (non-hydrogen) atoms. The van der Waals surface area contributed by atoms with Gasteiger partial charge in [-0.15, -0.1) is 5.10 Å². The first kappa shape index (κ1) is 11.3. The van der Waals surface area contributed by atoms with Gasteiger partial charge in [0.15, 0.2) is 0 Å². The Labute approximate surface area is 111 Å². The van der Waals surface area contributed by atoms with Crippen molar-refractivity contribution in [3.05, 3.63) is 72.6 Å². The third-order valence-corrected chi connectivity index (χ3v) is 2.60. The van der Waals surface area contributed by atoms with Gasteiger partial charge in [0.1, 0.15) is 5.69 Å². The summed E-state index contributed by atoms with van der Waals surface area (Å²) in [5.41, 5.74) is 2.56. The Bertz CT molecular complexity index is 672. The molecule has 3 aromatic rings. The summed E-state index contributed by atoms with van der Waals surface area (Å²) >= 11 is 0. The molecule has 0 aliphatic carbocycles. The highest BCUT2D eigenvalue weighted by Gasteiger charge is 1.99. The monoisotopic (exact) mass is 248 g/mol. The fraction of sp³-hybridized carbons (Fsp3) is 0. The summed E-state index contributed by atoms with van der Waals surface area (Å²) in [5.74, 6) is 0. The Balaban J connectivity index is 1.81. The molecule has 0 amide bonds. The van der Waals surface area contributed by atoms with E-state index in [1.807, 2.05) is 60.7 Å². The number of benzene rings is 2. The predicted molar refractivity (Wildman–Crippen MR) is 75.1 cm³/mol. The maximum atomic E-state index is 4.35. The van der Waals surface area contributed by atoms with Crippen LogP contribution in [-0.4, -0.2) is 21.2 Å². The quantitative estimate of drug-likeness (QED) is 0.669. The van der Waals surface area contributed by atoms with Gasteiger partial charge in [0.2, 0.25) is 0 Å². The van der Waals surface area contributed by atoms with Crippen molar-refractivity contribution in [2.24, 2.45) is 4.99 Å². The van der Waals surface area contributed by atoms with Crippen molar-refractivity contribution in [2.45, 2.75) is 0 Å². The zero-order chi connectivity index (χ0) is 12.9. The molecule has 92 valence electrons. The van der Waals surface area contributed by atoms with Crippen LogP contribution in [0.25, 0.3) is 5.69 Å². The van der Waals surface area contributed by atoms with Gasteiger partial charge in [-0.25, -0.2) is 0 Å². The largest absolute Gasteiger partial charge is 0.255 e. The van der Waals surface area contributed by atoms with E-state index < -0.39 is 0 Å². The SMILES string of the molecule is C(=Nc1ccccc1)c1cnn(-c2ccccc2)n1. The predicted octanol–water partition coefficient (Wildman–Crippen LogP) is 3.02. The van der Waals surface area contributed by atoms with Crippen molar-refractivity contribution in [1.29, 1.82) is 0 Å². The number of hydrogen-bond acceptors (Lipinski definition) is 3. The molecule has 0 saturated heterocycles. The van der Waals surface area contributed by atoms with Crippen LogP contribution in [0, 0.1) is 0 Å². The smallest absolute Gasteiger partial charge is 0.124 e. The zero-order valence-electron chi connectivity index (χ0n) is 10.2. The van der Waals surface area contributed by atoms with E-state index in [2.05, 4.69) is 15.2 Å². The molecule has 0 spiro atoms. The number of aliphatic imine (C=N–C) groups is 1. The molecule has 0 bridgehead atoms. The Morgan fingerprint density at radius 3 is 2.32 bits per heavy atom. The molecule has 0 N–H and O–H groups in total. The van der Waals surface area contributed by atoms with Crippen LogP contribution in [-0.2, 0) is 0 Å². The van der Waals surface area contributed by atoms with Crippen molar-refractivity contribution in [1.82, 2.24) is 15.0 Å². The average molecular weight is 248 g/mol. The molecule has 0 unspecified atom stereocenters. The summed E-state index contributed by atoms with van der Waals surface area (Å²) in [4.78, 5) is 5.93. The van der Waals surface area contributed by atoms with Crippen molar-refractivity contribution in [2.75, 3.05) is 0 Å². The Hall–Kier alpha value is -2.75. The van der Waals surface area contributed by atoms with Crippen LogP contribution in [0.15, 0.2) is 71.9 Å². The zero-order valence-corrected chi connectivity index (χ0v) is 10.2. The Kier molecular flexibility index (Phi) is 3.14. The second-order valence-electron chi connectivity index (χ2n) is 3.99. The number of nitrogens with zero attached hydrogens (tertiary/aromatic N) is 4. The minimum Gasteiger partial charge on any atom is -0.255 e. The molecule has 0 aliphatic rings. The second-order valence-corrected chi connectivity index (χ2v) is 3.99. The van der Waals surface area contributed by atoms with Gasteiger partial charge in [0.05, 0.1) is 23.8 Å². The molecule has 0 fully saturated rings. The van der Waals surface area contributed by atoms with Crippen LogP contribution in [0.2, 0.25) is 0 Å². The lowest BCUT2D eigenvalue weighted by molar-refractivity contribution is 0.751. The van der Waals surface area contributed by atoms with Crippen LogP contribution in [0.5, 0.6) is 0 Å². The molecule has 3 rings (SSSR count). The van der Waals surface area contributed by atoms with Gasteiger partial charge in [-0.2, -0.15) is 9.90 Å². The number of aromatic nitrogens is 3. The summed E-state index contributed by atoms with van der Waals surface area (Å²) in [6, 6.07) is 19.5. The van der Waals surface area contributed by atoms with Gasteiger partial charge >= 0.3 is 0 Å². The highest BCUT2D eigenvalue weighted by atomic mass is 15.5. The van der Waals surface area contributed by atoms with Crippen LogP contribution in [0.3, 0.4) is 0 Å². The topological polar surface area (TPSA) is 43.1 Å². The van der Waals surface area contributed by atoms with Gasteiger partial charge in [-0.1, -0.05) is 36.4 Å². The standard InChI is InChI=1S/C15H12N4/c1-3-7-13(8-4-1)16-11-14-12-17-19(18-14)15-9-5-2-6-10-15/h1-12H. The summed E-state index contributed by atoms with van der Waals surface area (Å²) in [5, 5.41) is 8.56. The van der Waals surface area contributed by atoms with E-state index in [1.54, 1.807) is 17.2 Å². The minimum atomic E-state index is 0.729. The first-order valence-corrected chi connectivity index (χ1v) is 5.99. The van der Waals surface area contributed by atoms with Crippen molar-refractivity contribution >= 4 is 11.9 Å². The third-order valence-electron chi connectivity index (χ3n) is 2.60. The summed E-state index contributed by atoms with van der Waals surface area (Å²) < 4.78 is 0. The highest BCUT2D eigenvalue weighted by molar-refractivity contribution is 5.78. The first-order chi connectivity index (χ1) is 9.42. The van der Waals surface area contributed by atoms with E-state index in [9.17, 15) is 0 Å².